The van der Waals surface area contributed by atoms with Gasteiger partial charge in [-0.15, -0.1) is 0 Å². The van der Waals surface area contributed by atoms with Gasteiger partial charge in [0.1, 0.15) is 11.6 Å². The van der Waals surface area contributed by atoms with Crippen molar-refractivity contribution >= 4 is 23.2 Å². The quantitative estimate of drug-likeness (QED) is 0.513. The zero-order valence-electron chi connectivity index (χ0n) is 13.2. The molecular weight excluding hydrogens is 313 g/mol. The first kappa shape index (κ1) is 17.1. The zero-order valence-corrected chi connectivity index (χ0v) is 13.2. The van der Waals surface area contributed by atoms with Gasteiger partial charge in [0.25, 0.3) is 0 Å². The largest absolute Gasteiger partial charge is 0.497 e. The van der Waals surface area contributed by atoms with Crippen molar-refractivity contribution in [3.05, 3.63) is 59.9 Å². The Hall–Kier alpha value is -3.22. The number of rotatable bonds is 4. The van der Waals surface area contributed by atoms with Gasteiger partial charge in [-0.1, -0.05) is 12.1 Å². The molecule has 0 heterocycles. The first-order valence-corrected chi connectivity index (χ1v) is 7.06. The van der Waals surface area contributed by atoms with Gasteiger partial charge < -0.3 is 10.1 Å². The summed E-state index contributed by atoms with van der Waals surface area (Å²) in [7, 11) is 1.56. The second kappa shape index (κ2) is 7.87. The maximum absolute atomic E-state index is 13.4. The van der Waals surface area contributed by atoms with Gasteiger partial charge in [-0.05, 0) is 48.9 Å². The van der Waals surface area contributed by atoms with Crippen LogP contribution in [0.5, 0.6) is 5.75 Å². The highest BCUT2D eigenvalue weighted by Gasteiger charge is 2.15. The molecule has 2 amide bonds. The third kappa shape index (κ3) is 4.39. The van der Waals surface area contributed by atoms with Crippen LogP contribution in [0.3, 0.4) is 0 Å². The fourth-order valence-electron chi connectivity index (χ4n) is 1.82. The molecule has 0 unspecified atom stereocenters. The van der Waals surface area contributed by atoms with Crippen LogP contribution in [0.15, 0.2) is 53.6 Å². The van der Waals surface area contributed by atoms with Crippen LogP contribution >= 0.6 is 0 Å². The smallest absolute Gasteiger partial charge is 0.329 e. The standard InChI is InChI=1S/C17H16FN3O3/c1-11(12-7-9-13(24-2)10-8-12)20-21-17(23)16(22)19-15-6-4-3-5-14(15)18/h3-10H,1-2H3,(H,19,22)(H,21,23). The highest BCUT2D eigenvalue weighted by atomic mass is 19.1. The lowest BCUT2D eigenvalue weighted by atomic mass is 10.1. The van der Waals surface area contributed by atoms with Gasteiger partial charge in [-0.3, -0.25) is 9.59 Å². The lowest BCUT2D eigenvalue weighted by Crippen LogP contribution is -2.33. The molecule has 2 aromatic carbocycles. The second-order valence-electron chi connectivity index (χ2n) is 4.80. The molecule has 0 radical (unpaired) electrons. The van der Waals surface area contributed by atoms with Gasteiger partial charge in [-0.2, -0.15) is 5.10 Å². The van der Waals surface area contributed by atoms with Crippen LogP contribution in [-0.2, 0) is 9.59 Å². The van der Waals surface area contributed by atoms with E-state index in [1.54, 1.807) is 44.4 Å². The van der Waals surface area contributed by atoms with Crippen LogP contribution in [-0.4, -0.2) is 24.6 Å². The van der Waals surface area contributed by atoms with E-state index in [0.29, 0.717) is 11.5 Å². The topological polar surface area (TPSA) is 79.8 Å². The Balaban J connectivity index is 1.97. The van der Waals surface area contributed by atoms with Gasteiger partial charge in [-0.25, -0.2) is 9.82 Å². The van der Waals surface area contributed by atoms with Crippen molar-refractivity contribution in [2.45, 2.75) is 6.92 Å². The van der Waals surface area contributed by atoms with E-state index in [4.69, 9.17) is 4.74 Å². The molecule has 124 valence electrons. The van der Waals surface area contributed by atoms with Crippen molar-refractivity contribution in [1.29, 1.82) is 0 Å². The lowest BCUT2D eigenvalue weighted by molar-refractivity contribution is -0.136. The summed E-state index contributed by atoms with van der Waals surface area (Å²) in [5, 5.41) is 6.03. The molecule has 6 nitrogen and oxygen atoms in total. The van der Waals surface area contributed by atoms with E-state index in [1.807, 2.05) is 0 Å². The SMILES string of the molecule is COc1ccc(C(C)=NNC(=O)C(=O)Nc2ccccc2F)cc1. The summed E-state index contributed by atoms with van der Waals surface area (Å²) in [4.78, 5) is 23.4. The molecule has 7 heteroatoms. The number of halogens is 1. The van der Waals surface area contributed by atoms with Crippen molar-refractivity contribution < 1.29 is 18.7 Å². The Kier molecular flexibility index (Phi) is 5.62. The molecular formula is C17H16FN3O3. The maximum Gasteiger partial charge on any atom is 0.329 e. The van der Waals surface area contributed by atoms with Gasteiger partial charge in [0.15, 0.2) is 0 Å². The van der Waals surface area contributed by atoms with Crippen LogP contribution in [0.2, 0.25) is 0 Å². The predicted octanol–water partition coefficient (Wildman–Crippen LogP) is 2.31. The molecule has 2 rings (SSSR count). The van der Waals surface area contributed by atoms with Crippen LogP contribution < -0.4 is 15.5 Å². The summed E-state index contributed by atoms with van der Waals surface area (Å²) in [6.07, 6.45) is 0. The number of amides is 2. The number of carbonyl (C=O) groups excluding carboxylic acids is 2. The molecule has 0 aromatic heterocycles. The average Bonchev–Trinajstić information content (AvgIpc) is 2.61. The number of hydrogen-bond donors (Lipinski definition) is 2. The fourth-order valence-corrected chi connectivity index (χ4v) is 1.82. The molecule has 0 bridgehead atoms. The van der Waals surface area contributed by atoms with Crippen molar-refractivity contribution in [3.8, 4) is 5.75 Å². The molecule has 2 N–H and O–H groups in total. The monoisotopic (exact) mass is 329 g/mol. The highest BCUT2D eigenvalue weighted by Crippen LogP contribution is 2.13. The Bertz CT molecular complexity index is 773. The first-order chi connectivity index (χ1) is 11.5. The summed E-state index contributed by atoms with van der Waals surface area (Å²) in [6, 6.07) is 12.6. The summed E-state index contributed by atoms with van der Waals surface area (Å²) in [6.45, 7) is 1.68. The molecule has 0 fully saturated rings. The molecule has 0 spiro atoms. The molecule has 0 aliphatic carbocycles. The van der Waals surface area contributed by atoms with E-state index in [-0.39, 0.29) is 5.69 Å². The normalized spacial score (nSPS) is 10.9. The summed E-state index contributed by atoms with van der Waals surface area (Å²) < 4.78 is 18.5. The number of nitrogens with one attached hydrogen (secondary N) is 2. The zero-order chi connectivity index (χ0) is 17.5. The number of hydrazone groups is 1. The van der Waals surface area contributed by atoms with Crippen molar-refractivity contribution in [3.63, 3.8) is 0 Å². The van der Waals surface area contributed by atoms with E-state index >= 15 is 0 Å². The van der Waals surface area contributed by atoms with Crippen LogP contribution in [0.1, 0.15) is 12.5 Å². The van der Waals surface area contributed by atoms with E-state index in [0.717, 1.165) is 5.56 Å². The summed E-state index contributed by atoms with van der Waals surface area (Å²) in [5.74, 6) is -1.94. The lowest BCUT2D eigenvalue weighted by Gasteiger charge is -2.06. The molecule has 0 atom stereocenters. The Morgan fingerprint density at radius 2 is 1.71 bits per heavy atom. The maximum atomic E-state index is 13.4. The Morgan fingerprint density at radius 1 is 1.04 bits per heavy atom. The molecule has 0 aliphatic rings. The number of nitrogens with zero attached hydrogens (tertiary/aromatic N) is 1. The fraction of sp³-hybridized carbons (Fsp3) is 0.118. The van der Waals surface area contributed by atoms with Gasteiger partial charge in [0, 0.05) is 0 Å². The van der Waals surface area contributed by atoms with E-state index < -0.39 is 17.6 Å². The highest BCUT2D eigenvalue weighted by molar-refractivity contribution is 6.39. The molecule has 0 saturated heterocycles. The number of carbonyl (C=O) groups is 2. The number of methoxy groups -OCH3 is 1. The predicted molar refractivity (Wildman–Crippen MR) is 88.4 cm³/mol. The van der Waals surface area contributed by atoms with Crippen molar-refractivity contribution in [2.24, 2.45) is 5.10 Å². The Labute approximate surface area is 138 Å². The third-order valence-corrected chi connectivity index (χ3v) is 3.16. The summed E-state index contributed by atoms with van der Waals surface area (Å²) >= 11 is 0. The van der Waals surface area contributed by atoms with Crippen LogP contribution in [0, 0.1) is 5.82 Å². The second-order valence-corrected chi connectivity index (χ2v) is 4.80. The number of anilines is 1. The van der Waals surface area contributed by atoms with Gasteiger partial charge in [0.05, 0.1) is 18.5 Å². The van der Waals surface area contributed by atoms with Crippen molar-refractivity contribution in [1.82, 2.24) is 5.43 Å². The van der Waals surface area contributed by atoms with E-state index in [9.17, 15) is 14.0 Å². The van der Waals surface area contributed by atoms with Gasteiger partial charge in [0.2, 0.25) is 0 Å². The molecule has 2 aromatic rings. The van der Waals surface area contributed by atoms with E-state index in [2.05, 4.69) is 15.8 Å². The minimum Gasteiger partial charge on any atom is -0.497 e. The first-order valence-electron chi connectivity index (χ1n) is 7.06. The average molecular weight is 329 g/mol. The molecule has 0 aliphatic heterocycles. The van der Waals surface area contributed by atoms with Crippen LogP contribution in [0.4, 0.5) is 10.1 Å². The van der Waals surface area contributed by atoms with Crippen LogP contribution in [0.25, 0.3) is 0 Å². The third-order valence-electron chi connectivity index (χ3n) is 3.16. The number of para-hydroxylation sites is 1. The number of benzene rings is 2. The Morgan fingerprint density at radius 3 is 2.33 bits per heavy atom. The summed E-state index contributed by atoms with van der Waals surface area (Å²) in [5.41, 5.74) is 3.32. The molecule has 0 saturated carbocycles. The molecule has 24 heavy (non-hydrogen) atoms. The number of hydrogen-bond acceptors (Lipinski definition) is 4. The van der Waals surface area contributed by atoms with Gasteiger partial charge >= 0.3 is 11.8 Å². The number of ether oxygens (including phenoxy) is 1. The minimum atomic E-state index is -1.01. The minimum absolute atomic E-state index is 0.0755. The van der Waals surface area contributed by atoms with E-state index in [1.165, 1.54) is 18.2 Å². The van der Waals surface area contributed by atoms with Crippen molar-refractivity contribution in [2.75, 3.05) is 12.4 Å².